The zero-order chi connectivity index (χ0) is 11.8. The summed E-state index contributed by atoms with van der Waals surface area (Å²) < 4.78 is 12.8. The van der Waals surface area contributed by atoms with Crippen LogP contribution in [0.2, 0.25) is 0 Å². The molecule has 0 amide bonds. The average molecular weight is 234 g/mol. The fraction of sp³-hybridized carbons (Fsp3) is 0.429. The van der Waals surface area contributed by atoms with E-state index in [1.54, 1.807) is 12.1 Å². The summed E-state index contributed by atoms with van der Waals surface area (Å²) in [5.74, 6) is 0.213. The first kappa shape index (κ1) is 10.9. The Balaban J connectivity index is 1.90. The molecule has 0 spiro atoms. The van der Waals surface area contributed by atoms with Gasteiger partial charge in [0.25, 0.3) is 0 Å². The van der Waals surface area contributed by atoms with Gasteiger partial charge in [-0.05, 0) is 17.7 Å². The van der Waals surface area contributed by atoms with Crippen molar-refractivity contribution in [3.63, 3.8) is 0 Å². The lowest BCUT2D eigenvalue weighted by atomic mass is 9.83. The predicted octanol–water partition coefficient (Wildman–Crippen LogP) is 0.836. The number of hydrogen-bond acceptors (Lipinski definition) is 1. The first-order chi connectivity index (χ1) is 8.24. The van der Waals surface area contributed by atoms with Crippen LogP contribution in [-0.4, -0.2) is 24.3 Å². The zero-order valence-corrected chi connectivity index (χ0v) is 9.70. The normalized spacial score (nSPS) is 34.2. The molecular weight excluding hydrogens is 217 g/mol. The van der Waals surface area contributed by atoms with Crippen LogP contribution in [0.3, 0.4) is 0 Å². The molecule has 3 aliphatic heterocycles. The van der Waals surface area contributed by atoms with Crippen LogP contribution in [0.1, 0.15) is 18.4 Å². The van der Waals surface area contributed by atoms with E-state index in [2.05, 4.69) is 0 Å². The third-order valence-electron chi connectivity index (χ3n) is 4.00. The van der Waals surface area contributed by atoms with Gasteiger partial charge < -0.3 is 10.0 Å². The summed E-state index contributed by atoms with van der Waals surface area (Å²) >= 11 is 0. The number of aliphatic hydroxyl groups is 1. The Kier molecular flexibility index (Phi) is 2.73. The number of fused-ring (bicyclic) bond motifs is 3. The number of aliphatic hydroxyl groups excluding tert-OH is 1. The number of halogens is 1. The minimum absolute atomic E-state index is 0.217. The fourth-order valence-electron chi connectivity index (χ4n) is 2.98. The zero-order valence-electron chi connectivity index (χ0n) is 9.70. The first-order valence-corrected chi connectivity index (χ1v) is 6.24. The smallest absolute Gasteiger partial charge is 0.137 e. The maximum Gasteiger partial charge on any atom is 0.137 e. The Morgan fingerprint density at radius 1 is 1.18 bits per heavy atom. The van der Waals surface area contributed by atoms with Crippen molar-refractivity contribution in [1.82, 2.24) is 0 Å². The van der Waals surface area contributed by atoms with E-state index in [0.717, 1.165) is 37.2 Å². The molecule has 17 heavy (non-hydrogen) atoms. The van der Waals surface area contributed by atoms with Crippen LogP contribution >= 0.6 is 0 Å². The van der Waals surface area contributed by atoms with Gasteiger partial charge >= 0.3 is 0 Å². The average Bonchev–Trinajstić information content (AvgIpc) is 2.37. The molecule has 90 valence electrons. The standard InChI is InChI=1S/C14H16FNO/c15-12-3-1-10(2-4-12)9-13-14(17)11-5-7-16(13)8-6-11/h1-4,9,11,14,17H,5-8H2/p+1/b13-9-/t14-/m1/s1. The van der Waals surface area contributed by atoms with Crippen molar-refractivity contribution in [3.8, 4) is 0 Å². The predicted molar refractivity (Wildman–Crippen MR) is 63.8 cm³/mol. The summed E-state index contributed by atoms with van der Waals surface area (Å²) in [6.07, 6.45) is 3.96. The molecular formula is C14H17FNO+. The molecule has 0 aliphatic carbocycles. The van der Waals surface area contributed by atoms with Crippen molar-refractivity contribution in [1.29, 1.82) is 0 Å². The van der Waals surface area contributed by atoms with E-state index in [4.69, 9.17) is 0 Å². The maximum absolute atomic E-state index is 12.8. The lowest BCUT2D eigenvalue weighted by Crippen LogP contribution is -3.14. The molecule has 3 saturated heterocycles. The maximum atomic E-state index is 12.8. The topological polar surface area (TPSA) is 24.7 Å². The molecule has 3 heterocycles. The summed E-state index contributed by atoms with van der Waals surface area (Å²) in [4.78, 5) is 1.39. The van der Waals surface area contributed by atoms with Crippen molar-refractivity contribution in [2.75, 3.05) is 13.1 Å². The van der Waals surface area contributed by atoms with E-state index in [9.17, 15) is 9.50 Å². The minimum atomic E-state index is -0.308. The summed E-state index contributed by atoms with van der Waals surface area (Å²) in [5.41, 5.74) is 2.06. The van der Waals surface area contributed by atoms with Crippen LogP contribution < -0.4 is 4.90 Å². The molecule has 3 heteroatoms. The molecule has 1 aromatic carbocycles. The number of rotatable bonds is 1. The third kappa shape index (κ3) is 2.01. The number of quaternary nitrogens is 1. The molecule has 1 aromatic rings. The van der Waals surface area contributed by atoms with Crippen molar-refractivity contribution in [3.05, 3.63) is 41.3 Å². The Hall–Kier alpha value is -1.19. The SMILES string of the molecule is O[C@H]1/C(=C/c2ccc(F)cc2)[NH+]2CCC1CC2. The van der Waals surface area contributed by atoms with Gasteiger partial charge in [-0.2, -0.15) is 0 Å². The van der Waals surface area contributed by atoms with Gasteiger partial charge in [-0.1, -0.05) is 12.1 Å². The highest BCUT2D eigenvalue weighted by atomic mass is 19.1. The van der Waals surface area contributed by atoms with Crippen molar-refractivity contribution < 1.29 is 14.4 Å². The van der Waals surface area contributed by atoms with E-state index in [1.165, 1.54) is 17.0 Å². The number of hydrogen-bond donors (Lipinski definition) is 2. The molecule has 0 saturated carbocycles. The quantitative estimate of drug-likeness (QED) is 0.739. The molecule has 0 unspecified atom stereocenters. The van der Waals surface area contributed by atoms with Gasteiger partial charge in [0, 0.05) is 24.8 Å². The second-order valence-corrected chi connectivity index (χ2v) is 5.04. The molecule has 2 nitrogen and oxygen atoms in total. The van der Waals surface area contributed by atoms with E-state index < -0.39 is 0 Å². The molecule has 2 bridgehead atoms. The number of piperidine rings is 3. The van der Waals surface area contributed by atoms with Crippen molar-refractivity contribution in [2.24, 2.45) is 5.92 Å². The molecule has 4 rings (SSSR count). The first-order valence-electron chi connectivity index (χ1n) is 6.24. The van der Waals surface area contributed by atoms with Gasteiger partial charge in [-0.3, -0.25) is 0 Å². The third-order valence-corrected chi connectivity index (χ3v) is 4.00. The second-order valence-electron chi connectivity index (χ2n) is 5.04. The molecule has 0 radical (unpaired) electrons. The second kappa shape index (κ2) is 4.24. The van der Waals surface area contributed by atoms with E-state index in [1.807, 2.05) is 6.08 Å². The van der Waals surface area contributed by atoms with Crippen LogP contribution in [-0.2, 0) is 0 Å². The van der Waals surface area contributed by atoms with Crippen LogP contribution in [0.25, 0.3) is 6.08 Å². The van der Waals surface area contributed by atoms with Gasteiger partial charge in [-0.15, -0.1) is 0 Å². The van der Waals surface area contributed by atoms with Crippen LogP contribution in [0.4, 0.5) is 4.39 Å². The van der Waals surface area contributed by atoms with E-state index in [-0.39, 0.29) is 11.9 Å². The van der Waals surface area contributed by atoms with Crippen LogP contribution in [0, 0.1) is 11.7 Å². The molecule has 3 fully saturated rings. The highest BCUT2D eigenvalue weighted by Gasteiger charge is 2.40. The van der Waals surface area contributed by atoms with Gasteiger partial charge in [0.1, 0.15) is 17.6 Å². The van der Waals surface area contributed by atoms with E-state index >= 15 is 0 Å². The molecule has 0 aromatic heterocycles. The molecule has 3 aliphatic rings. The Labute approximate surface area is 100 Å². The minimum Gasteiger partial charge on any atom is -0.383 e. The highest BCUT2D eigenvalue weighted by Crippen LogP contribution is 2.25. The monoisotopic (exact) mass is 234 g/mol. The highest BCUT2D eigenvalue weighted by molar-refractivity contribution is 5.52. The van der Waals surface area contributed by atoms with Crippen LogP contribution in [0.15, 0.2) is 30.0 Å². The summed E-state index contributed by atoms with van der Waals surface area (Å²) in [7, 11) is 0. The van der Waals surface area contributed by atoms with Gasteiger partial charge in [0.05, 0.1) is 13.1 Å². The van der Waals surface area contributed by atoms with Gasteiger partial charge in [-0.25, -0.2) is 4.39 Å². The van der Waals surface area contributed by atoms with Gasteiger partial charge in [0.15, 0.2) is 0 Å². The Morgan fingerprint density at radius 2 is 1.82 bits per heavy atom. The lowest BCUT2D eigenvalue weighted by Gasteiger charge is -2.41. The van der Waals surface area contributed by atoms with Crippen LogP contribution in [0.5, 0.6) is 0 Å². The molecule has 1 atom stereocenters. The largest absolute Gasteiger partial charge is 0.383 e. The molecule has 2 N–H and O–H groups in total. The number of nitrogens with one attached hydrogen (secondary N) is 1. The Bertz CT molecular complexity index is 428. The van der Waals surface area contributed by atoms with E-state index in [0.29, 0.717) is 5.92 Å². The summed E-state index contributed by atoms with van der Waals surface area (Å²) in [6, 6.07) is 6.45. The summed E-state index contributed by atoms with van der Waals surface area (Å²) in [5, 5.41) is 10.2. The van der Waals surface area contributed by atoms with Crippen molar-refractivity contribution in [2.45, 2.75) is 18.9 Å². The Morgan fingerprint density at radius 3 is 2.41 bits per heavy atom. The lowest BCUT2D eigenvalue weighted by molar-refractivity contribution is -0.880. The van der Waals surface area contributed by atoms with Gasteiger partial charge in [0.2, 0.25) is 0 Å². The summed E-state index contributed by atoms with van der Waals surface area (Å²) in [6.45, 7) is 2.24. The van der Waals surface area contributed by atoms with Crippen molar-refractivity contribution >= 4 is 6.08 Å². The number of benzene rings is 1. The fourth-order valence-corrected chi connectivity index (χ4v) is 2.98.